The molecule has 0 fully saturated rings. The minimum atomic E-state index is -1.09. The summed E-state index contributed by atoms with van der Waals surface area (Å²) < 4.78 is 2.86. The summed E-state index contributed by atoms with van der Waals surface area (Å²) >= 11 is 0. The highest BCUT2D eigenvalue weighted by Gasteiger charge is 2.27. The quantitative estimate of drug-likeness (QED) is 0.494. The molecule has 1 nitrogen and oxygen atoms in total. The van der Waals surface area contributed by atoms with Gasteiger partial charge in [0.1, 0.15) is 8.24 Å². The van der Waals surface area contributed by atoms with Crippen LogP contribution in [0, 0.1) is 0 Å². The van der Waals surface area contributed by atoms with Crippen molar-refractivity contribution < 1.29 is 0 Å². The van der Waals surface area contributed by atoms with E-state index in [1.54, 1.807) is 0 Å². The highest BCUT2D eigenvalue weighted by atomic mass is 28.3. The van der Waals surface area contributed by atoms with E-state index < -0.39 is 8.24 Å². The van der Waals surface area contributed by atoms with Crippen LogP contribution in [0.4, 0.5) is 0 Å². The Morgan fingerprint density at radius 2 is 1.19 bits per heavy atom. The van der Waals surface area contributed by atoms with Crippen molar-refractivity contribution in [1.29, 1.82) is 0 Å². The molecule has 0 rings (SSSR count). The van der Waals surface area contributed by atoms with Gasteiger partial charge in [-0.2, -0.15) is 0 Å². The third-order valence-electron chi connectivity index (χ3n) is 3.56. The summed E-state index contributed by atoms with van der Waals surface area (Å²) in [5.41, 5.74) is 0. The lowest BCUT2D eigenvalue weighted by atomic mass is 10.3. The minimum absolute atomic E-state index is 1.09. The Hall–Kier alpha value is 0.177. The van der Waals surface area contributed by atoms with Gasteiger partial charge in [-0.05, 0) is 32.0 Å². The van der Waals surface area contributed by atoms with E-state index in [1.807, 2.05) is 0 Å². The molecule has 0 saturated carbocycles. The smallest absolute Gasteiger partial charge is 0.122 e. The fraction of sp³-hybridized carbons (Fsp3) is 1.00. The molecule has 2 heteroatoms. The van der Waals surface area contributed by atoms with Crippen molar-refractivity contribution in [2.24, 2.45) is 0 Å². The second-order valence-electron chi connectivity index (χ2n) is 5.61. The molecule has 0 heterocycles. The van der Waals surface area contributed by atoms with Crippen LogP contribution in [0.15, 0.2) is 0 Å². The molecule has 0 aromatic carbocycles. The van der Waals surface area contributed by atoms with Crippen molar-refractivity contribution in [3.63, 3.8) is 0 Å². The SMILES string of the molecule is CCCCN(CCCC)[Si](C)(C)CCCC. The third-order valence-corrected chi connectivity index (χ3v) is 7.30. The van der Waals surface area contributed by atoms with E-state index in [2.05, 4.69) is 38.4 Å². The van der Waals surface area contributed by atoms with Crippen LogP contribution in [0.1, 0.15) is 59.3 Å². The lowest BCUT2D eigenvalue weighted by molar-refractivity contribution is 0.397. The topological polar surface area (TPSA) is 3.24 Å². The van der Waals surface area contributed by atoms with Crippen LogP contribution in [0.3, 0.4) is 0 Å². The Kier molecular flexibility index (Phi) is 9.33. The van der Waals surface area contributed by atoms with Gasteiger partial charge in [0.25, 0.3) is 0 Å². The zero-order valence-electron chi connectivity index (χ0n) is 12.3. The maximum Gasteiger partial charge on any atom is 0.122 e. The molecule has 0 radical (unpaired) electrons. The summed E-state index contributed by atoms with van der Waals surface area (Å²) in [6, 6.07) is 1.48. The highest BCUT2D eigenvalue weighted by molar-refractivity contribution is 6.74. The van der Waals surface area contributed by atoms with E-state index in [4.69, 9.17) is 0 Å². The minimum Gasteiger partial charge on any atom is -0.324 e. The number of hydrogen-bond acceptors (Lipinski definition) is 1. The molecule has 0 aromatic rings. The molecule has 0 spiro atoms. The van der Waals surface area contributed by atoms with Crippen LogP contribution in [0.25, 0.3) is 0 Å². The van der Waals surface area contributed by atoms with Crippen LogP contribution >= 0.6 is 0 Å². The molecular formula is C14H33NSi. The van der Waals surface area contributed by atoms with Gasteiger partial charge in [0.15, 0.2) is 0 Å². The van der Waals surface area contributed by atoms with Crippen LogP contribution in [-0.2, 0) is 0 Å². The maximum absolute atomic E-state index is 2.86. The summed E-state index contributed by atoms with van der Waals surface area (Å²) in [6.07, 6.45) is 8.21. The van der Waals surface area contributed by atoms with Crippen LogP contribution in [0.2, 0.25) is 19.1 Å². The zero-order valence-corrected chi connectivity index (χ0v) is 13.3. The molecule has 0 aliphatic rings. The van der Waals surface area contributed by atoms with Crippen LogP contribution in [0.5, 0.6) is 0 Å². The number of nitrogens with zero attached hydrogens (tertiary/aromatic N) is 1. The number of rotatable bonds is 10. The van der Waals surface area contributed by atoms with Gasteiger partial charge >= 0.3 is 0 Å². The largest absolute Gasteiger partial charge is 0.324 e. The van der Waals surface area contributed by atoms with Gasteiger partial charge in [-0.1, -0.05) is 59.5 Å². The zero-order chi connectivity index (χ0) is 12.4. The molecule has 0 aromatic heterocycles. The standard InChI is InChI=1S/C14H33NSi/c1-6-9-12-15(13-10-7-2)16(4,5)14-11-8-3/h6-14H2,1-5H3. The summed E-state index contributed by atoms with van der Waals surface area (Å²) in [6.45, 7) is 14.7. The van der Waals surface area contributed by atoms with Crippen molar-refractivity contribution in [1.82, 2.24) is 4.57 Å². The Morgan fingerprint density at radius 1 is 0.750 bits per heavy atom. The molecule has 0 aliphatic carbocycles. The molecule has 0 atom stereocenters. The fourth-order valence-electron chi connectivity index (χ4n) is 2.18. The second kappa shape index (κ2) is 9.23. The highest BCUT2D eigenvalue weighted by Crippen LogP contribution is 2.20. The predicted molar refractivity (Wildman–Crippen MR) is 78.6 cm³/mol. The van der Waals surface area contributed by atoms with Gasteiger partial charge < -0.3 is 4.57 Å². The first kappa shape index (κ1) is 16.2. The number of unbranched alkanes of at least 4 members (excludes halogenated alkanes) is 3. The molecule has 0 saturated heterocycles. The average molecular weight is 244 g/mol. The van der Waals surface area contributed by atoms with Gasteiger partial charge in [-0.3, -0.25) is 0 Å². The molecule has 0 aliphatic heterocycles. The van der Waals surface area contributed by atoms with Gasteiger partial charge in [0, 0.05) is 0 Å². The summed E-state index contributed by atoms with van der Waals surface area (Å²) in [5, 5.41) is 0. The molecule has 16 heavy (non-hydrogen) atoms. The van der Waals surface area contributed by atoms with Crippen molar-refractivity contribution in [3.8, 4) is 0 Å². The van der Waals surface area contributed by atoms with Crippen molar-refractivity contribution in [2.45, 2.75) is 78.4 Å². The Morgan fingerprint density at radius 3 is 1.56 bits per heavy atom. The lowest BCUT2D eigenvalue weighted by Gasteiger charge is -2.37. The average Bonchev–Trinajstić information content (AvgIpc) is 2.26. The molecule has 0 amide bonds. The molecule has 0 N–H and O–H groups in total. The monoisotopic (exact) mass is 243 g/mol. The first-order chi connectivity index (χ1) is 7.58. The Bertz CT molecular complexity index is 149. The lowest BCUT2D eigenvalue weighted by Crippen LogP contribution is -2.49. The summed E-state index contributed by atoms with van der Waals surface area (Å²) in [4.78, 5) is 0. The van der Waals surface area contributed by atoms with Crippen molar-refractivity contribution in [3.05, 3.63) is 0 Å². The molecule has 0 bridgehead atoms. The van der Waals surface area contributed by atoms with Gasteiger partial charge in [0.2, 0.25) is 0 Å². The Labute approximate surface area is 105 Å². The van der Waals surface area contributed by atoms with Crippen molar-refractivity contribution in [2.75, 3.05) is 13.1 Å². The Balaban J connectivity index is 4.20. The van der Waals surface area contributed by atoms with E-state index >= 15 is 0 Å². The van der Waals surface area contributed by atoms with Gasteiger partial charge in [-0.15, -0.1) is 0 Å². The normalized spacial score (nSPS) is 12.4. The van der Waals surface area contributed by atoms with Gasteiger partial charge in [-0.25, -0.2) is 0 Å². The summed E-state index contributed by atoms with van der Waals surface area (Å²) in [7, 11) is -1.09. The van der Waals surface area contributed by atoms with E-state index in [1.165, 1.54) is 57.7 Å². The molecule has 0 unspecified atom stereocenters. The maximum atomic E-state index is 2.86. The van der Waals surface area contributed by atoms with Crippen molar-refractivity contribution >= 4 is 8.24 Å². The van der Waals surface area contributed by atoms with E-state index in [0.717, 1.165) is 0 Å². The molecular weight excluding hydrogens is 210 g/mol. The third kappa shape index (κ3) is 6.69. The van der Waals surface area contributed by atoms with Gasteiger partial charge in [0.05, 0.1) is 0 Å². The molecule has 98 valence electrons. The van der Waals surface area contributed by atoms with E-state index in [-0.39, 0.29) is 0 Å². The van der Waals surface area contributed by atoms with E-state index in [9.17, 15) is 0 Å². The summed E-state index contributed by atoms with van der Waals surface area (Å²) in [5.74, 6) is 0. The number of hydrogen-bond donors (Lipinski definition) is 0. The first-order valence-corrected chi connectivity index (χ1v) is 10.5. The van der Waals surface area contributed by atoms with E-state index in [0.29, 0.717) is 0 Å². The van der Waals surface area contributed by atoms with Crippen LogP contribution in [-0.4, -0.2) is 25.9 Å². The second-order valence-corrected chi connectivity index (χ2v) is 10.4. The predicted octanol–water partition coefficient (Wildman–Crippen LogP) is 4.89. The first-order valence-electron chi connectivity index (χ1n) is 7.33. The fourth-order valence-corrected chi connectivity index (χ4v) is 5.24. The van der Waals surface area contributed by atoms with Crippen LogP contribution < -0.4 is 0 Å².